The molecule has 2 unspecified atom stereocenters. The molecule has 0 aromatic heterocycles. The number of para-hydroxylation sites is 1. The lowest BCUT2D eigenvalue weighted by Crippen LogP contribution is -2.21. The van der Waals surface area contributed by atoms with Gasteiger partial charge in [-0.2, -0.15) is 0 Å². The first kappa shape index (κ1) is 17.7. The van der Waals surface area contributed by atoms with Gasteiger partial charge in [0, 0.05) is 22.8 Å². The summed E-state index contributed by atoms with van der Waals surface area (Å²) >= 11 is 0. The van der Waals surface area contributed by atoms with Crippen LogP contribution in [0.1, 0.15) is 63.1 Å². The minimum atomic E-state index is -0.257. The van der Waals surface area contributed by atoms with Crippen LogP contribution >= 0.6 is 0 Å². The van der Waals surface area contributed by atoms with Crippen LogP contribution in [0.4, 0.5) is 0 Å². The second kappa shape index (κ2) is 7.43. The number of hydrogen-bond donors (Lipinski definition) is 1. The Bertz CT molecular complexity index is 733. The van der Waals surface area contributed by atoms with Crippen LogP contribution in [0.5, 0.6) is 5.75 Å². The number of rotatable bonds is 4. The van der Waals surface area contributed by atoms with E-state index in [1.165, 1.54) is 24.8 Å². The van der Waals surface area contributed by atoms with Gasteiger partial charge < -0.3 is 5.11 Å². The highest BCUT2D eigenvalue weighted by Gasteiger charge is 2.27. The van der Waals surface area contributed by atoms with Crippen LogP contribution in [0.2, 0.25) is 0 Å². The first-order valence-corrected chi connectivity index (χ1v) is 9.41. The summed E-state index contributed by atoms with van der Waals surface area (Å²) in [5.41, 5.74) is 2.70. The second-order valence-electron chi connectivity index (χ2n) is 7.84. The molecule has 0 saturated heterocycles. The third kappa shape index (κ3) is 3.78. The minimum Gasteiger partial charge on any atom is -0.507 e. The molecule has 0 aliphatic heterocycles. The zero-order chi connectivity index (χ0) is 17.9. The molecule has 1 aliphatic carbocycles. The molecule has 1 fully saturated rings. The van der Waals surface area contributed by atoms with Gasteiger partial charge in [0.1, 0.15) is 5.75 Å². The Morgan fingerprint density at radius 1 is 1.00 bits per heavy atom. The van der Waals surface area contributed by atoms with E-state index in [4.69, 9.17) is 4.99 Å². The number of phenolic OH excluding ortho intramolecular Hbond substituents is 1. The lowest BCUT2D eigenvalue weighted by atomic mass is 9.77. The molecule has 0 amide bonds. The van der Waals surface area contributed by atoms with E-state index >= 15 is 0 Å². The molecule has 0 bridgehead atoms. The molecule has 0 radical (unpaired) electrons. The molecule has 0 heterocycles. The summed E-state index contributed by atoms with van der Waals surface area (Å²) in [5.74, 6) is 0.986. The monoisotopic (exact) mass is 335 g/mol. The lowest BCUT2D eigenvalue weighted by molar-refractivity contribution is 0.333. The van der Waals surface area contributed by atoms with Crippen molar-refractivity contribution in [1.29, 1.82) is 0 Å². The van der Waals surface area contributed by atoms with Crippen molar-refractivity contribution in [1.82, 2.24) is 0 Å². The number of hydrogen-bond acceptors (Lipinski definition) is 2. The SMILES string of the molecule is CC1CCCCC1N=Cc1cccc(C(C)(C)c2ccccc2)c1O. The topological polar surface area (TPSA) is 32.6 Å². The largest absolute Gasteiger partial charge is 0.507 e. The maximum Gasteiger partial charge on any atom is 0.128 e. The van der Waals surface area contributed by atoms with E-state index in [0.717, 1.165) is 17.5 Å². The van der Waals surface area contributed by atoms with Gasteiger partial charge in [0.15, 0.2) is 0 Å². The van der Waals surface area contributed by atoms with Crippen molar-refractivity contribution < 1.29 is 5.11 Å². The maximum absolute atomic E-state index is 10.9. The molecule has 2 nitrogen and oxygen atoms in total. The number of benzene rings is 2. The smallest absolute Gasteiger partial charge is 0.128 e. The average Bonchev–Trinajstić information content (AvgIpc) is 2.62. The molecule has 2 aromatic carbocycles. The van der Waals surface area contributed by atoms with E-state index in [0.29, 0.717) is 17.7 Å². The molecule has 2 aromatic rings. The van der Waals surface area contributed by atoms with Gasteiger partial charge in [-0.3, -0.25) is 4.99 Å². The van der Waals surface area contributed by atoms with E-state index < -0.39 is 0 Å². The van der Waals surface area contributed by atoms with Crippen molar-refractivity contribution in [2.45, 2.75) is 57.9 Å². The molecule has 3 rings (SSSR count). The van der Waals surface area contributed by atoms with E-state index in [-0.39, 0.29) is 5.41 Å². The van der Waals surface area contributed by atoms with Crippen molar-refractivity contribution in [2.24, 2.45) is 10.9 Å². The van der Waals surface area contributed by atoms with Gasteiger partial charge in [0.05, 0.1) is 6.04 Å². The lowest BCUT2D eigenvalue weighted by Gasteiger charge is -2.28. The molecule has 1 saturated carbocycles. The summed E-state index contributed by atoms with van der Waals surface area (Å²) in [5, 5.41) is 10.9. The van der Waals surface area contributed by atoms with Crippen molar-refractivity contribution in [3.63, 3.8) is 0 Å². The third-order valence-corrected chi connectivity index (χ3v) is 5.71. The highest BCUT2D eigenvalue weighted by molar-refractivity contribution is 5.84. The van der Waals surface area contributed by atoms with Gasteiger partial charge in [0.25, 0.3) is 0 Å². The zero-order valence-corrected chi connectivity index (χ0v) is 15.6. The number of aliphatic imine (C=N–C) groups is 1. The third-order valence-electron chi connectivity index (χ3n) is 5.71. The Balaban J connectivity index is 1.90. The molecule has 132 valence electrons. The quantitative estimate of drug-likeness (QED) is 0.713. The van der Waals surface area contributed by atoms with Gasteiger partial charge in [-0.25, -0.2) is 0 Å². The van der Waals surface area contributed by atoms with E-state index in [1.807, 2.05) is 42.6 Å². The molecule has 1 N–H and O–H groups in total. The summed E-state index contributed by atoms with van der Waals surface area (Å²) < 4.78 is 0. The van der Waals surface area contributed by atoms with E-state index in [1.54, 1.807) is 0 Å². The fourth-order valence-electron chi connectivity index (χ4n) is 3.87. The van der Waals surface area contributed by atoms with Gasteiger partial charge >= 0.3 is 0 Å². The van der Waals surface area contributed by atoms with Crippen LogP contribution < -0.4 is 0 Å². The molecule has 25 heavy (non-hydrogen) atoms. The van der Waals surface area contributed by atoms with Crippen molar-refractivity contribution in [3.05, 3.63) is 65.2 Å². The van der Waals surface area contributed by atoms with Crippen molar-refractivity contribution >= 4 is 6.21 Å². The number of nitrogens with zero attached hydrogens (tertiary/aromatic N) is 1. The van der Waals surface area contributed by atoms with Crippen LogP contribution in [0.3, 0.4) is 0 Å². The van der Waals surface area contributed by atoms with Crippen LogP contribution in [-0.4, -0.2) is 17.4 Å². The Kier molecular flexibility index (Phi) is 5.27. The van der Waals surface area contributed by atoms with Gasteiger partial charge in [-0.1, -0.05) is 76.1 Å². The Morgan fingerprint density at radius 3 is 2.44 bits per heavy atom. The fourth-order valence-corrected chi connectivity index (χ4v) is 3.87. The Morgan fingerprint density at radius 2 is 1.72 bits per heavy atom. The van der Waals surface area contributed by atoms with Gasteiger partial charge in [-0.15, -0.1) is 0 Å². The highest BCUT2D eigenvalue weighted by Crippen LogP contribution is 2.38. The minimum absolute atomic E-state index is 0.257. The van der Waals surface area contributed by atoms with Crippen LogP contribution in [0, 0.1) is 5.92 Å². The predicted molar refractivity (Wildman–Crippen MR) is 106 cm³/mol. The van der Waals surface area contributed by atoms with E-state index in [9.17, 15) is 5.11 Å². The molecule has 2 heteroatoms. The zero-order valence-electron chi connectivity index (χ0n) is 15.6. The molecular weight excluding hydrogens is 306 g/mol. The summed E-state index contributed by atoms with van der Waals surface area (Å²) in [4.78, 5) is 4.81. The van der Waals surface area contributed by atoms with Crippen molar-refractivity contribution in [3.8, 4) is 5.75 Å². The van der Waals surface area contributed by atoms with Gasteiger partial charge in [0.2, 0.25) is 0 Å². The highest BCUT2D eigenvalue weighted by atomic mass is 16.3. The predicted octanol–water partition coefficient (Wildman–Crippen LogP) is 5.72. The fraction of sp³-hybridized carbons (Fsp3) is 0.435. The average molecular weight is 335 g/mol. The number of aromatic hydroxyl groups is 1. The summed E-state index contributed by atoms with van der Waals surface area (Å²) in [6.45, 7) is 6.60. The molecule has 2 atom stereocenters. The normalized spacial score (nSPS) is 21.6. The molecule has 0 spiro atoms. The Hall–Kier alpha value is -2.09. The maximum atomic E-state index is 10.9. The molecular formula is C23H29NO. The van der Waals surface area contributed by atoms with Gasteiger partial charge in [-0.05, 0) is 30.4 Å². The first-order valence-electron chi connectivity index (χ1n) is 9.41. The standard InChI is InChI=1S/C23H29NO/c1-17-10-7-8-15-21(17)24-16-18-11-9-14-20(22(18)25)23(2,3)19-12-5-4-6-13-19/h4-6,9,11-14,16-17,21,25H,7-8,10,15H2,1-3H3. The Labute approximate surface area is 151 Å². The number of phenols is 1. The molecule has 1 aliphatic rings. The summed E-state index contributed by atoms with van der Waals surface area (Å²) in [6.07, 6.45) is 6.88. The van der Waals surface area contributed by atoms with Crippen LogP contribution in [0.15, 0.2) is 53.5 Å². The van der Waals surface area contributed by atoms with Crippen LogP contribution in [0.25, 0.3) is 0 Å². The summed E-state index contributed by atoms with van der Waals surface area (Å²) in [7, 11) is 0. The second-order valence-corrected chi connectivity index (χ2v) is 7.84. The van der Waals surface area contributed by atoms with Crippen LogP contribution in [-0.2, 0) is 5.41 Å². The van der Waals surface area contributed by atoms with E-state index in [2.05, 4.69) is 32.9 Å². The summed E-state index contributed by atoms with van der Waals surface area (Å²) in [6, 6.07) is 16.7. The first-order chi connectivity index (χ1) is 12.0. The van der Waals surface area contributed by atoms with Crippen molar-refractivity contribution in [2.75, 3.05) is 0 Å².